The lowest BCUT2D eigenvalue weighted by molar-refractivity contribution is -0.117. The number of primary amides is 1. The molecular weight excluding hydrogens is 230 g/mol. The number of hydrogen-bond donors (Lipinski definition) is 2. The van der Waals surface area contributed by atoms with Crippen molar-refractivity contribution in [3.05, 3.63) is 23.5 Å². The molecule has 0 fully saturated rings. The number of fused-ring (bicyclic) bond motifs is 1. The average molecular weight is 247 g/mol. The molecule has 3 N–H and O–H groups in total. The minimum absolute atomic E-state index is 0.292. The summed E-state index contributed by atoms with van der Waals surface area (Å²) in [4.78, 5) is 15.0. The third-order valence-corrected chi connectivity index (χ3v) is 2.80. The second kappa shape index (κ2) is 5.14. The van der Waals surface area contributed by atoms with Gasteiger partial charge in [-0.3, -0.25) is 9.48 Å². The van der Waals surface area contributed by atoms with Crippen LogP contribution in [0, 0.1) is 6.92 Å². The van der Waals surface area contributed by atoms with Gasteiger partial charge in [-0.1, -0.05) is 0 Å². The van der Waals surface area contributed by atoms with Crippen LogP contribution >= 0.6 is 0 Å². The molecule has 2 aromatic heterocycles. The number of amides is 1. The molecule has 0 saturated carbocycles. The molecule has 0 unspecified atom stereocenters. The van der Waals surface area contributed by atoms with Crippen LogP contribution in [0.5, 0.6) is 0 Å². The summed E-state index contributed by atoms with van der Waals surface area (Å²) in [5.74, 6) is -0.292. The Morgan fingerprint density at radius 1 is 1.56 bits per heavy atom. The molecule has 0 spiro atoms. The molecule has 6 heteroatoms. The number of rotatable bonds is 5. The van der Waals surface area contributed by atoms with Crippen LogP contribution in [0.25, 0.3) is 11.0 Å². The second-order valence-electron chi connectivity index (χ2n) is 4.32. The smallest absolute Gasteiger partial charge is 0.218 e. The summed E-state index contributed by atoms with van der Waals surface area (Å²) in [5, 5.41) is 8.54. The van der Waals surface area contributed by atoms with E-state index in [4.69, 9.17) is 5.73 Å². The number of carbonyl (C=O) groups is 1. The summed E-state index contributed by atoms with van der Waals surface area (Å²) in [6.07, 6.45) is 2.17. The fourth-order valence-corrected chi connectivity index (χ4v) is 1.89. The Hall–Kier alpha value is -1.95. The van der Waals surface area contributed by atoms with Crippen molar-refractivity contribution in [3.8, 4) is 0 Å². The number of aryl methyl sites for hydroxylation is 2. The van der Waals surface area contributed by atoms with Crippen molar-refractivity contribution in [3.63, 3.8) is 0 Å². The van der Waals surface area contributed by atoms with E-state index in [0.717, 1.165) is 22.3 Å². The lowest BCUT2D eigenvalue weighted by Crippen LogP contribution is -2.21. The summed E-state index contributed by atoms with van der Waals surface area (Å²) in [5.41, 5.74) is 7.99. The summed E-state index contributed by atoms with van der Waals surface area (Å²) in [7, 11) is 1.88. The number of pyridine rings is 1. The van der Waals surface area contributed by atoms with E-state index in [1.807, 2.05) is 20.2 Å². The fourth-order valence-electron chi connectivity index (χ4n) is 1.89. The first-order valence-corrected chi connectivity index (χ1v) is 5.85. The van der Waals surface area contributed by atoms with Gasteiger partial charge in [0, 0.05) is 38.1 Å². The highest BCUT2D eigenvalue weighted by molar-refractivity contribution is 5.78. The highest BCUT2D eigenvalue weighted by Gasteiger charge is 2.06. The Kier molecular flexibility index (Phi) is 3.57. The molecule has 0 aromatic carbocycles. The molecule has 18 heavy (non-hydrogen) atoms. The SMILES string of the molecule is Cc1nn(C)c2ncc(CNCCC(N)=O)cc12. The molecule has 0 aliphatic heterocycles. The topological polar surface area (TPSA) is 85.8 Å². The van der Waals surface area contributed by atoms with Gasteiger partial charge in [-0.2, -0.15) is 5.10 Å². The molecule has 2 aromatic rings. The van der Waals surface area contributed by atoms with Crippen LogP contribution in [-0.4, -0.2) is 27.2 Å². The Balaban J connectivity index is 2.06. The van der Waals surface area contributed by atoms with Crippen LogP contribution in [0.4, 0.5) is 0 Å². The van der Waals surface area contributed by atoms with Gasteiger partial charge in [0.2, 0.25) is 5.91 Å². The van der Waals surface area contributed by atoms with Crippen molar-refractivity contribution in [1.29, 1.82) is 0 Å². The van der Waals surface area contributed by atoms with E-state index in [-0.39, 0.29) is 5.91 Å². The molecule has 6 nitrogen and oxygen atoms in total. The lowest BCUT2D eigenvalue weighted by Gasteiger charge is -2.03. The molecule has 0 aliphatic rings. The van der Waals surface area contributed by atoms with Crippen LogP contribution in [-0.2, 0) is 18.4 Å². The average Bonchev–Trinajstić information content (AvgIpc) is 2.60. The van der Waals surface area contributed by atoms with Gasteiger partial charge in [-0.15, -0.1) is 0 Å². The molecule has 0 aliphatic carbocycles. The number of hydrogen-bond acceptors (Lipinski definition) is 4. The van der Waals surface area contributed by atoms with Gasteiger partial charge in [-0.05, 0) is 18.6 Å². The maximum atomic E-state index is 10.6. The first kappa shape index (κ1) is 12.5. The predicted octanol–water partition coefficient (Wildman–Crippen LogP) is 0.242. The number of nitrogens with zero attached hydrogens (tertiary/aromatic N) is 3. The summed E-state index contributed by atoms with van der Waals surface area (Å²) >= 11 is 0. The number of nitrogens with one attached hydrogen (secondary N) is 1. The Labute approximate surface area is 105 Å². The molecule has 2 rings (SSSR count). The molecule has 1 amide bonds. The number of carbonyl (C=O) groups excluding carboxylic acids is 1. The molecule has 0 atom stereocenters. The van der Waals surface area contributed by atoms with Gasteiger partial charge in [0.15, 0.2) is 5.65 Å². The Bertz CT molecular complexity index is 575. The van der Waals surface area contributed by atoms with Crippen LogP contribution < -0.4 is 11.1 Å². The Morgan fingerprint density at radius 2 is 2.33 bits per heavy atom. The van der Waals surface area contributed by atoms with Crippen molar-refractivity contribution in [2.45, 2.75) is 19.9 Å². The van der Waals surface area contributed by atoms with Crippen LogP contribution in [0.2, 0.25) is 0 Å². The van der Waals surface area contributed by atoms with Crippen LogP contribution in [0.15, 0.2) is 12.3 Å². The molecule has 2 heterocycles. The van der Waals surface area contributed by atoms with E-state index < -0.39 is 0 Å². The molecule has 0 saturated heterocycles. The summed E-state index contributed by atoms with van der Waals surface area (Å²) in [6.45, 7) is 3.22. The molecular formula is C12H17N5O. The zero-order valence-electron chi connectivity index (χ0n) is 10.6. The zero-order valence-corrected chi connectivity index (χ0v) is 10.6. The van der Waals surface area contributed by atoms with Crippen LogP contribution in [0.1, 0.15) is 17.7 Å². The van der Waals surface area contributed by atoms with Gasteiger partial charge in [0.05, 0.1) is 5.69 Å². The van der Waals surface area contributed by atoms with E-state index in [0.29, 0.717) is 19.5 Å². The van der Waals surface area contributed by atoms with E-state index in [9.17, 15) is 4.79 Å². The maximum Gasteiger partial charge on any atom is 0.218 e. The van der Waals surface area contributed by atoms with E-state index in [1.54, 1.807) is 4.68 Å². The maximum absolute atomic E-state index is 10.6. The van der Waals surface area contributed by atoms with Crippen molar-refractivity contribution >= 4 is 16.9 Å². The minimum Gasteiger partial charge on any atom is -0.370 e. The minimum atomic E-state index is -0.292. The molecule has 0 radical (unpaired) electrons. The third kappa shape index (κ3) is 2.65. The largest absolute Gasteiger partial charge is 0.370 e. The van der Waals surface area contributed by atoms with Gasteiger partial charge < -0.3 is 11.1 Å². The van der Waals surface area contributed by atoms with Crippen molar-refractivity contribution < 1.29 is 4.79 Å². The summed E-state index contributed by atoms with van der Waals surface area (Å²) in [6, 6.07) is 2.07. The van der Waals surface area contributed by atoms with Gasteiger partial charge in [-0.25, -0.2) is 4.98 Å². The molecule has 0 bridgehead atoms. The standard InChI is InChI=1S/C12H17N5O/c1-8-10-5-9(6-14-4-3-11(13)18)7-15-12(10)17(2)16-8/h5,7,14H,3-4,6H2,1-2H3,(H2,13,18). The monoisotopic (exact) mass is 247 g/mol. The van der Waals surface area contributed by atoms with Crippen molar-refractivity contribution in [2.24, 2.45) is 12.8 Å². The van der Waals surface area contributed by atoms with E-state index in [2.05, 4.69) is 21.5 Å². The second-order valence-corrected chi connectivity index (χ2v) is 4.32. The van der Waals surface area contributed by atoms with Gasteiger partial charge >= 0.3 is 0 Å². The highest BCUT2D eigenvalue weighted by atomic mass is 16.1. The highest BCUT2D eigenvalue weighted by Crippen LogP contribution is 2.16. The van der Waals surface area contributed by atoms with E-state index >= 15 is 0 Å². The van der Waals surface area contributed by atoms with E-state index in [1.165, 1.54) is 0 Å². The first-order valence-electron chi connectivity index (χ1n) is 5.85. The quantitative estimate of drug-likeness (QED) is 0.741. The van der Waals surface area contributed by atoms with Crippen molar-refractivity contribution in [1.82, 2.24) is 20.1 Å². The lowest BCUT2D eigenvalue weighted by atomic mass is 10.2. The summed E-state index contributed by atoms with van der Waals surface area (Å²) < 4.78 is 1.77. The van der Waals surface area contributed by atoms with Crippen molar-refractivity contribution in [2.75, 3.05) is 6.54 Å². The number of aromatic nitrogens is 3. The number of nitrogens with two attached hydrogens (primary N) is 1. The third-order valence-electron chi connectivity index (χ3n) is 2.80. The molecule has 96 valence electrons. The first-order chi connectivity index (χ1) is 8.58. The Morgan fingerprint density at radius 3 is 3.06 bits per heavy atom. The van der Waals surface area contributed by atoms with Gasteiger partial charge in [0.1, 0.15) is 0 Å². The van der Waals surface area contributed by atoms with Crippen LogP contribution in [0.3, 0.4) is 0 Å². The van der Waals surface area contributed by atoms with Gasteiger partial charge in [0.25, 0.3) is 0 Å². The fraction of sp³-hybridized carbons (Fsp3) is 0.417. The predicted molar refractivity (Wildman–Crippen MR) is 68.8 cm³/mol. The normalized spacial score (nSPS) is 11.0. The zero-order chi connectivity index (χ0) is 13.1.